The standard InChI is InChI=1S/C15H20N4O3/c1-18(14(21)10-17-13(20)9-16)12-7-8-19(15(12)22)11-5-3-2-4-6-11/h2-6,12H,7-10,16H2,1H3,(H,17,20). The van der Waals surface area contributed by atoms with E-state index in [4.69, 9.17) is 5.73 Å². The van der Waals surface area contributed by atoms with Gasteiger partial charge in [0.15, 0.2) is 0 Å². The van der Waals surface area contributed by atoms with Crippen molar-refractivity contribution in [2.24, 2.45) is 5.73 Å². The number of amides is 3. The van der Waals surface area contributed by atoms with Crippen molar-refractivity contribution in [3.05, 3.63) is 30.3 Å². The number of benzene rings is 1. The van der Waals surface area contributed by atoms with Gasteiger partial charge in [-0.25, -0.2) is 0 Å². The number of rotatable bonds is 5. The highest BCUT2D eigenvalue weighted by molar-refractivity contribution is 6.01. The Kier molecular flexibility index (Phi) is 5.11. The number of nitrogens with one attached hydrogen (secondary N) is 1. The molecule has 0 spiro atoms. The van der Waals surface area contributed by atoms with Crippen molar-refractivity contribution in [3.8, 4) is 0 Å². The fourth-order valence-electron chi connectivity index (χ4n) is 2.43. The second-order valence-corrected chi connectivity index (χ2v) is 5.12. The monoisotopic (exact) mass is 304 g/mol. The summed E-state index contributed by atoms with van der Waals surface area (Å²) in [6, 6.07) is 8.85. The van der Waals surface area contributed by atoms with Crippen molar-refractivity contribution in [1.82, 2.24) is 10.2 Å². The van der Waals surface area contributed by atoms with Gasteiger partial charge in [-0.15, -0.1) is 0 Å². The highest BCUT2D eigenvalue weighted by atomic mass is 16.2. The number of carbonyl (C=O) groups is 3. The number of hydrogen-bond donors (Lipinski definition) is 2. The molecule has 1 aromatic carbocycles. The summed E-state index contributed by atoms with van der Waals surface area (Å²) in [4.78, 5) is 38.7. The lowest BCUT2D eigenvalue weighted by Gasteiger charge is -2.24. The van der Waals surface area contributed by atoms with E-state index in [9.17, 15) is 14.4 Å². The lowest BCUT2D eigenvalue weighted by Crippen LogP contribution is -2.47. The van der Waals surface area contributed by atoms with Crippen molar-refractivity contribution in [1.29, 1.82) is 0 Å². The van der Waals surface area contributed by atoms with Crippen LogP contribution in [0.3, 0.4) is 0 Å². The number of nitrogens with zero attached hydrogens (tertiary/aromatic N) is 2. The van der Waals surface area contributed by atoms with Gasteiger partial charge in [-0.05, 0) is 18.6 Å². The fourth-order valence-corrected chi connectivity index (χ4v) is 2.43. The molecule has 1 aliphatic rings. The average Bonchev–Trinajstić information content (AvgIpc) is 2.93. The van der Waals surface area contributed by atoms with Crippen LogP contribution in [-0.4, -0.2) is 55.3 Å². The lowest BCUT2D eigenvalue weighted by atomic mass is 10.2. The van der Waals surface area contributed by atoms with Crippen molar-refractivity contribution in [2.45, 2.75) is 12.5 Å². The summed E-state index contributed by atoms with van der Waals surface area (Å²) in [7, 11) is 1.58. The Morgan fingerprint density at radius 2 is 2.05 bits per heavy atom. The molecule has 7 heteroatoms. The van der Waals surface area contributed by atoms with Gasteiger partial charge >= 0.3 is 0 Å². The zero-order valence-electron chi connectivity index (χ0n) is 12.5. The van der Waals surface area contributed by atoms with E-state index < -0.39 is 11.9 Å². The molecule has 22 heavy (non-hydrogen) atoms. The number of para-hydroxylation sites is 1. The van der Waals surface area contributed by atoms with Gasteiger partial charge in [-0.1, -0.05) is 18.2 Å². The molecule has 118 valence electrons. The summed E-state index contributed by atoms with van der Waals surface area (Å²) in [6.45, 7) is 0.253. The summed E-state index contributed by atoms with van der Waals surface area (Å²) in [5.74, 6) is -0.812. The van der Waals surface area contributed by atoms with Crippen LogP contribution in [0, 0.1) is 0 Å². The molecule has 1 unspecified atom stereocenters. The van der Waals surface area contributed by atoms with E-state index in [1.807, 2.05) is 30.3 Å². The third-order valence-corrected chi connectivity index (χ3v) is 3.73. The average molecular weight is 304 g/mol. The Balaban J connectivity index is 1.97. The van der Waals surface area contributed by atoms with E-state index in [0.717, 1.165) is 5.69 Å². The molecule has 0 aliphatic carbocycles. The van der Waals surface area contributed by atoms with Gasteiger partial charge < -0.3 is 20.9 Å². The molecule has 2 rings (SSSR count). The van der Waals surface area contributed by atoms with Crippen molar-refractivity contribution < 1.29 is 14.4 Å². The van der Waals surface area contributed by atoms with Crippen molar-refractivity contribution in [3.63, 3.8) is 0 Å². The predicted molar refractivity (Wildman–Crippen MR) is 82.0 cm³/mol. The molecule has 1 aromatic rings. The third kappa shape index (κ3) is 3.43. The third-order valence-electron chi connectivity index (χ3n) is 3.73. The van der Waals surface area contributed by atoms with Gasteiger partial charge in [0, 0.05) is 19.3 Å². The summed E-state index contributed by atoms with van der Waals surface area (Å²) < 4.78 is 0. The molecule has 1 atom stereocenters. The number of likely N-dealkylation sites (N-methyl/N-ethyl adjacent to an activating group) is 1. The molecule has 0 bridgehead atoms. The smallest absolute Gasteiger partial charge is 0.249 e. The van der Waals surface area contributed by atoms with Gasteiger partial charge in [0.05, 0.1) is 13.1 Å². The Labute approximate surface area is 129 Å². The van der Waals surface area contributed by atoms with Crippen LogP contribution in [0.4, 0.5) is 5.69 Å². The normalized spacial score (nSPS) is 17.5. The fraction of sp³-hybridized carbons (Fsp3) is 0.400. The Morgan fingerprint density at radius 3 is 2.68 bits per heavy atom. The topological polar surface area (TPSA) is 95.7 Å². The van der Waals surface area contributed by atoms with E-state index in [0.29, 0.717) is 13.0 Å². The zero-order chi connectivity index (χ0) is 16.1. The first-order valence-electron chi connectivity index (χ1n) is 7.13. The highest BCUT2D eigenvalue weighted by Gasteiger charge is 2.36. The molecule has 1 saturated heterocycles. The minimum atomic E-state index is -0.498. The van der Waals surface area contributed by atoms with Crippen LogP contribution in [0.5, 0.6) is 0 Å². The maximum atomic E-state index is 12.5. The first kappa shape index (κ1) is 16.0. The van der Waals surface area contributed by atoms with Crippen LogP contribution >= 0.6 is 0 Å². The highest BCUT2D eigenvalue weighted by Crippen LogP contribution is 2.23. The Morgan fingerprint density at radius 1 is 1.36 bits per heavy atom. The SMILES string of the molecule is CN(C(=O)CNC(=O)CN)C1CCN(c2ccccc2)C1=O. The molecule has 0 aromatic heterocycles. The van der Waals surface area contributed by atoms with E-state index in [-0.39, 0.29) is 24.9 Å². The van der Waals surface area contributed by atoms with E-state index in [2.05, 4.69) is 5.32 Å². The summed E-state index contributed by atoms with van der Waals surface area (Å²) >= 11 is 0. The summed E-state index contributed by atoms with van der Waals surface area (Å²) in [5, 5.41) is 2.41. The van der Waals surface area contributed by atoms with Crippen LogP contribution in [0.15, 0.2) is 30.3 Å². The molecule has 0 radical (unpaired) electrons. The largest absolute Gasteiger partial charge is 0.346 e. The molecule has 1 fully saturated rings. The molecule has 1 aliphatic heterocycles. The maximum absolute atomic E-state index is 12.5. The van der Waals surface area contributed by atoms with E-state index in [1.54, 1.807) is 11.9 Å². The molecular weight excluding hydrogens is 284 g/mol. The number of carbonyl (C=O) groups excluding carboxylic acids is 3. The van der Waals surface area contributed by atoms with Crippen LogP contribution < -0.4 is 16.0 Å². The molecule has 7 nitrogen and oxygen atoms in total. The zero-order valence-corrected chi connectivity index (χ0v) is 12.5. The lowest BCUT2D eigenvalue weighted by molar-refractivity contribution is -0.137. The molecule has 0 saturated carbocycles. The van der Waals surface area contributed by atoms with Crippen molar-refractivity contribution >= 4 is 23.4 Å². The van der Waals surface area contributed by atoms with Gasteiger partial charge in [-0.3, -0.25) is 14.4 Å². The van der Waals surface area contributed by atoms with Gasteiger partial charge in [0.2, 0.25) is 17.7 Å². The molecule has 3 amide bonds. The first-order valence-corrected chi connectivity index (χ1v) is 7.13. The molecule has 1 heterocycles. The van der Waals surface area contributed by atoms with Crippen LogP contribution in [-0.2, 0) is 14.4 Å². The van der Waals surface area contributed by atoms with Gasteiger partial charge in [0.1, 0.15) is 6.04 Å². The minimum absolute atomic E-state index is 0.104. The van der Waals surface area contributed by atoms with Crippen LogP contribution in [0.1, 0.15) is 6.42 Å². The number of anilines is 1. The number of hydrogen-bond acceptors (Lipinski definition) is 4. The van der Waals surface area contributed by atoms with Gasteiger partial charge in [-0.2, -0.15) is 0 Å². The predicted octanol–water partition coefficient (Wildman–Crippen LogP) is -0.675. The van der Waals surface area contributed by atoms with E-state index >= 15 is 0 Å². The van der Waals surface area contributed by atoms with Crippen molar-refractivity contribution in [2.75, 3.05) is 31.6 Å². The minimum Gasteiger partial charge on any atom is -0.346 e. The van der Waals surface area contributed by atoms with E-state index in [1.165, 1.54) is 4.90 Å². The Bertz CT molecular complexity index is 561. The van der Waals surface area contributed by atoms with Gasteiger partial charge in [0.25, 0.3) is 0 Å². The quantitative estimate of drug-likeness (QED) is 0.754. The second-order valence-electron chi connectivity index (χ2n) is 5.12. The molecular formula is C15H20N4O3. The summed E-state index contributed by atoms with van der Waals surface area (Å²) in [5.41, 5.74) is 5.99. The van der Waals surface area contributed by atoms with Crippen LogP contribution in [0.25, 0.3) is 0 Å². The van der Waals surface area contributed by atoms with Crippen LogP contribution in [0.2, 0.25) is 0 Å². The summed E-state index contributed by atoms with van der Waals surface area (Å²) in [6.07, 6.45) is 0.570. The first-order chi connectivity index (χ1) is 10.5. The number of nitrogens with two attached hydrogens (primary N) is 1. The Hall–Kier alpha value is -2.41. The maximum Gasteiger partial charge on any atom is 0.249 e. The molecule has 3 N–H and O–H groups in total. The second kappa shape index (κ2) is 7.04.